The lowest BCUT2D eigenvalue weighted by Gasteiger charge is -2.15. The number of rotatable bonds is 6. The smallest absolute Gasteiger partial charge is 0.243 e. The van der Waals surface area contributed by atoms with Gasteiger partial charge in [-0.25, -0.2) is 17.5 Å². The molecule has 1 aromatic rings. The lowest BCUT2D eigenvalue weighted by atomic mass is 10.3. The monoisotopic (exact) mass is 354 g/mol. The summed E-state index contributed by atoms with van der Waals surface area (Å²) >= 11 is 2.93. The third kappa shape index (κ3) is 4.41. The van der Waals surface area contributed by atoms with Crippen molar-refractivity contribution in [2.24, 2.45) is 0 Å². The molecular formula is C11H16BrFN2O3S. The number of benzene rings is 1. The average Bonchev–Trinajstić information content (AvgIpc) is 2.30. The maximum atomic E-state index is 13.8. The van der Waals surface area contributed by atoms with Crippen LogP contribution in [0.2, 0.25) is 0 Å². The van der Waals surface area contributed by atoms with Gasteiger partial charge in [-0.05, 0) is 41.4 Å². The minimum absolute atomic E-state index is 0.0115. The van der Waals surface area contributed by atoms with Crippen LogP contribution in [0.15, 0.2) is 21.5 Å². The summed E-state index contributed by atoms with van der Waals surface area (Å²) in [5, 5.41) is 0. The second-order valence-electron chi connectivity index (χ2n) is 4.12. The summed E-state index contributed by atoms with van der Waals surface area (Å²) < 4.78 is 45.2. The number of methoxy groups -OCH3 is 1. The Bertz CT molecular complexity index is 551. The molecule has 0 amide bonds. The van der Waals surface area contributed by atoms with E-state index in [0.29, 0.717) is 13.0 Å². The molecule has 3 N–H and O–H groups in total. The number of nitrogens with two attached hydrogens (primary N) is 1. The molecule has 19 heavy (non-hydrogen) atoms. The molecule has 0 aliphatic heterocycles. The Hall–Kier alpha value is -0.700. The van der Waals surface area contributed by atoms with Crippen LogP contribution in [0.5, 0.6) is 0 Å². The molecule has 0 saturated carbocycles. The van der Waals surface area contributed by atoms with Gasteiger partial charge in [0.2, 0.25) is 10.0 Å². The van der Waals surface area contributed by atoms with Crippen LogP contribution in [0.3, 0.4) is 0 Å². The minimum atomic E-state index is -3.96. The van der Waals surface area contributed by atoms with Gasteiger partial charge < -0.3 is 10.5 Å². The molecule has 1 atom stereocenters. The second-order valence-corrected chi connectivity index (χ2v) is 6.66. The first kappa shape index (κ1) is 16.4. The van der Waals surface area contributed by atoms with Crippen LogP contribution in [0.25, 0.3) is 0 Å². The minimum Gasteiger partial charge on any atom is -0.399 e. The summed E-state index contributed by atoms with van der Waals surface area (Å²) in [5.74, 6) is -0.861. The predicted molar refractivity (Wildman–Crippen MR) is 74.8 cm³/mol. The second kappa shape index (κ2) is 6.65. The van der Waals surface area contributed by atoms with Crippen LogP contribution in [-0.2, 0) is 14.8 Å². The summed E-state index contributed by atoms with van der Waals surface area (Å²) in [5.41, 5.74) is 5.69. The fourth-order valence-corrected chi connectivity index (χ4v) is 3.48. The molecule has 8 heteroatoms. The molecule has 0 spiro atoms. The molecule has 108 valence electrons. The predicted octanol–water partition coefficient (Wildman–Crippen LogP) is 1.87. The van der Waals surface area contributed by atoms with E-state index in [2.05, 4.69) is 20.7 Å². The normalized spacial score (nSPS) is 13.5. The van der Waals surface area contributed by atoms with Gasteiger partial charge in [0.1, 0.15) is 4.90 Å². The molecule has 0 aromatic heterocycles. The topological polar surface area (TPSA) is 81.4 Å². The molecule has 0 bridgehead atoms. The highest BCUT2D eigenvalue weighted by Gasteiger charge is 2.23. The molecule has 5 nitrogen and oxygen atoms in total. The third-order valence-electron chi connectivity index (χ3n) is 2.42. The number of nitrogen functional groups attached to an aromatic ring is 1. The summed E-state index contributed by atoms with van der Waals surface area (Å²) in [7, 11) is -2.43. The highest BCUT2D eigenvalue weighted by molar-refractivity contribution is 9.10. The van der Waals surface area contributed by atoms with Crippen molar-refractivity contribution in [1.29, 1.82) is 0 Å². The van der Waals surface area contributed by atoms with Crippen molar-refractivity contribution >= 4 is 31.6 Å². The van der Waals surface area contributed by atoms with Crippen molar-refractivity contribution in [2.45, 2.75) is 24.3 Å². The largest absolute Gasteiger partial charge is 0.399 e. The fraction of sp³-hybridized carbons (Fsp3) is 0.455. The Kier molecular flexibility index (Phi) is 5.72. The Morgan fingerprint density at radius 3 is 2.74 bits per heavy atom. The van der Waals surface area contributed by atoms with Crippen LogP contribution < -0.4 is 10.5 Å². The van der Waals surface area contributed by atoms with E-state index < -0.39 is 20.7 Å². The van der Waals surface area contributed by atoms with Crippen molar-refractivity contribution < 1.29 is 17.5 Å². The van der Waals surface area contributed by atoms with Crippen molar-refractivity contribution in [3.8, 4) is 0 Å². The number of anilines is 1. The number of hydrogen-bond donors (Lipinski definition) is 2. The summed E-state index contributed by atoms with van der Waals surface area (Å²) in [6.45, 7) is 2.09. The summed E-state index contributed by atoms with van der Waals surface area (Å²) in [4.78, 5) is -0.469. The third-order valence-corrected chi connectivity index (χ3v) is 4.58. The van der Waals surface area contributed by atoms with E-state index in [4.69, 9.17) is 10.5 Å². The first-order valence-corrected chi connectivity index (χ1v) is 7.81. The molecule has 1 aromatic carbocycles. The molecule has 0 aliphatic carbocycles. The Morgan fingerprint density at radius 1 is 1.53 bits per heavy atom. The van der Waals surface area contributed by atoms with Gasteiger partial charge in [-0.1, -0.05) is 0 Å². The van der Waals surface area contributed by atoms with E-state index >= 15 is 0 Å². The SMILES string of the molecule is COCCC(C)NS(=O)(=O)c1cc(N)cc(Br)c1F. The maximum absolute atomic E-state index is 13.8. The zero-order valence-corrected chi connectivity index (χ0v) is 13.0. The molecule has 0 heterocycles. The van der Waals surface area contributed by atoms with Gasteiger partial charge in [0.15, 0.2) is 5.82 Å². The Labute approximate surface area is 120 Å². The lowest BCUT2D eigenvalue weighted by Crippen LogP contribution is -2.34. The highest BCUT2D eigenvalue weighted by atomic mass is 79.9. The molecule has 0 fully saturated rings. The maximum Gasteiger partial charge on any atom is 0.243 e. The zero-order chi connectivity index (χ0) is 14.6. The van der Waals surface area contributed by atoms with Crippen molar-refractivity contribution in [2.75, 3.05) is 19.5 Å². The molecule has 1 unspecified atom stereocenters. The van der Waals surface area contributed by atoms with E-state index in [9.17, 15) is 12.8 Å². The van der Waals surface area contributed by atoms with Gasteiger partial charge in [-0.15, -0.1) is 0 Å². The van der Waals surface area contributed by atoms with E-state index in [1.807, 2.05) is 0 Å². The van der Waals surface area contributed by atoms with E-state index in [1.54, 1.807) is 6.92 Å². The molecular weight excluding hydrogens is 339 g/mol. The Morgan fingerprint density at radius 2 is 2.16 bits per heavy atom. The number of hydrogen-bond acceptors (Lipinski definition) is 4. The summed E-state index contributed by atoms with van der Waals surface area (Å²) in [6.07, 6.45) is 0.487. The number of sulfonamides is 1. The number of halogens is 2. The molecule has 0 saturated heterocycles. The first-order chi connectivity index (χ1) is 8.77. The average molecular weight is 355 g/mol. The van der Waals surface area contributed by atoms with Gasteiger partial charge in [-0.3, -0.25) is 0 Å². The van der Waals surface area contributed by atoms with Crippen molar-refractivity contribution in [3.05, 3.63) is 22.4 Å². The summed E-state index contributed by atoms with van der Waals surface area (Å²) in [6, 6.07) is 2.03. The van der Waals surface area contributed by atoms with Crippen molar-refractivity contribution in [1.82, 2.24) is 4.72 Å². The lowest BCUT2D eigenvalue weighted by molar-refractivity contribution is 0.188. The van der Waals surface area contributed by atoms with Crippen LogP contribution in [-0.4, -0.2) is 28.2 Å². The molecule has 1 rings (SSSR count). The zero-order valence-electron chi connectivity index (χ0n) is 10.6. The van der Waals surface area contributed by atoms with Crippen LogP contribution in [0, 0.1) is 5.82 Å². The number of nitrogens with one attached hydrogen (secondary N) is 1. The van der Waals surface area contributed by atoms with E-state index in [1.165, 1.54) is 13.2 Å². The van der Waals surface area contributed by atoms with Crippen LogP contribution in [0.1, 0.15) is 13.3 Å². The van der Waals surface area contributed by atoms with Gasteiger partial charge in [0.25, 0.3) is 0 Å². The van der Waals surface area contributed by atoms with E-state index in [-0.39, 0.29) is 16.2 Å². The van der Waals surface area contributed by atoms with Gasteiger partial charge in [-0.2, -0.15) is 0 Å². The van der Waals surface area contributed by atoms with Crippen LogP contribution >= 0.6 is 15.9 Å². The molecule has 0 radical (unpaired) electrons. The Balaban J connectivity index is 3.01. The highest BCUT2D eigenvalue weighted by Crippen LogP contribution is 2.26. The molecule has 0 aliphatic rings. The first-order valence-electron chi connectivity index (χ1n) is 5.53. The standard InChI is InChI=1S/C11H16BrFN2O3S/c1-7(3-4-18-2)15-19(16,17)10-6-8(14)5-9(12)11(10)13/h5-7,15H,3-4,14H2,1-2H3. The number of ether oxygens (including phenoxy) is 1. The van der Waals surface area contributed by atoms with E-state index in [0.717, 1.165) is 6.07 Å². The van der Waals surface area contributed by atoms with Crippen molar-refractivity contribution in [3.63, 3.8) is 0 Å². The van der Waals surface area contributed by atoms with Gasteiger partial charge in [0.05, 0.1) is 4.47 Å². The fourth-order valence-electron chi connectivity index (χ4n) is 1.46. The van der Waals surface area contributed by atoms with Gasteiger partial charge >= 0.3 is 0 Å². The van der Waals surface area contributed by atoms with Gasteiger partial charge in [0, 0.05) is 25.4 Å². The quantitative estimate of drug-likeness (QED) is 0.764. The van der Waals surface area contributed by atoms with Crippen LogP contribution in [0.4, 0.5) is 10.1 Å².